The van der Waals surface area contributed by atoms with Gasteiger partial charge in [-0.05, 0) is 51.7 Å². The van der Waals surface area contributed by atoms with Gasteiger partial charge in [0.15, 0.2) is 6.29 Å². The predicted molar refractivity (Wildman–Crippen MR) is 116 cm³/mol. The Morgan fingerprint density at radius 1 is 1.39 bits per heavy atom. The van der Waals surface area contributed by atoms with Crippen LogP contribution in [0.4, 0.5) is 5.82 Å². The summed E-state index contributed by atoms with van der Waals surface area (Å²) in [5.74, 6) is 1.31. The average molecular weight is 457 g/mol. The topological polar surface area (TPSA) is 118 Å². The fourth-order valence-electron chi connectivity index (χ4n) is 3.02. The molecule has 0 unspecified atom stereocenters. The zero-order valence-electron chi connectivity index (χ0n) is 18.3. The Morgan fingerprint density at radius 2 is 2.13 bits per heavy atom. The van der Waals surface area contributed by atoms with Crippen molar-refractivity contribution in [1.29, 1.82) is 0 Å². The van der Waals surface area contributed by atoms with E-state index >= 15 is 0 Å². The molecule has 174 valence electrons. The van der Waals surface area contributed by atoms with E-state index in [0.29, 0.717) is 19.6 Å². The van der Waals surface area contributed by atoms with E-state index < -0.39 is 19.4 Å². The number of anilines is 1. The van der Waals surface area contributed by atoms with Gasteiger partial charge in [0.2, 0.25) is 5.91 Å². The molecular formula is C20H32N3O7P. The van der Waals surface area contributed by atoms with Crippen LogP contribution in [0.1, 0.15) is 46.5 Å². The number of carbonyl (C=O) groups excluding carboxylic acids is 1. The van der Waals surface area contributed by atoms with E-state index in [9.17, 15) is 14.2 Å². The molecule has 1 amide bonds. The van der Waals surface area contributed by atoms with Crippen molar-refractivity contribution in [2.45, 2.75) is 65.4 Å². The van der Waals surface area contributed by atoms with Gasteiger partial charge in [-0.3, -0.25) is 13.9 Å². The van der Waals surface area contributed by atoms with Crippen LogP contribution in [0.15, 0.2) is 29.0 Å². The zero-order valence-corrected chi connectivity index (χ0v) is 19.2. The highest BCUT2D eigenvalue weighted by Crippen LogP contribution is 2.49. The van der Waals surface area contributed by atoms with Crippen molar-refractivity contribution in [2.75, 3.05) is 25.1 Å². The summed E-state index contributed by atoms with van der Waals surface area (Å²) in [4.78, 5) is 27.2. The third kappa shape index (κ3) is 9.04. The molecule has 2 atom stereocenters. The maximum absolute atomic E-state index is 12.7. The molecule has 2 rings (SSSR count). The minimum atomic E-state index is -3.37. The standard InChI is InChI=1S/C20H32N3O7P/c1-4-28-31(26,29-5-2)15-11-17(30-19-8-6-7-14-27-19)9-12-23-13-10-18(21-16(3)24)22-20(23)25/h10-11,13,15,17,19H,4-9,12,14H2,1-3H3,(H,21,22,24,25)/t17-,19+/m1/s1. The highest BCUT2D eigenvalue weighted by molar-refractivity contribution is 7.57. The molecule has 0 aromatic carbocycles. The van der Waals surface area contributed by atoms with E-state index in [1.807, 2.05) is 0 Å². The molecule has 1 saturated heterocycles. The Labute approximate surface area is 182 Å². The molecule has 1 aromatic heterocycles. The molecule has 1 aliphatic rings. The number of amides is 1. The number of nitrogens with zero attached hydrogens (tertiary/aromatic N) is 2. The van der Waals surface area contributed by atoms with Gasteiger partial charge in [0.05, 0.1) is 19.3 Å². The van der Waals surface area contributed by atoms with Crippen LogP contribution < -0.4 is 11.0 Å². The Bertz CT molecular complexity index is 826. The van der Waals surface area contributed by atoms with E-state index in [4.69, 9.17) is 18.5 Å². The van der Waals surface area contributed by atoms with Crippen molar-refractivity contribution < 1.29 is 27.9 Å². The molecule has 0 spiro atoms. The van der Waals surface area contributed by atoms with Gasteiger partial charge in [0.25, 0.3) is 0 Å². The molecule has 0 radical (unpaired) electrons. The molecular weight excluding hydrogens is 425 g/mol. The van der Waals surface area contributed by atoms with Crippen LogP contribution in [0.5, 0.6) is 0 Å². The van der Waals surface area contributed by atoms with Gasteiger partial charge in [-0.25, -0.2) is 4.79 Å². The zero-order chi connectivity index (χ0) is 22.7. The lowest BCUT2D eigenvalue weighted by molar-refractivity contribution is -0.179. The molecule has 31 heavy (non-hydrogen) atoms. The summed E-state index contributed by atoms with van der Waals surface area (Å²) >= 11 is 0. The Kier molecular flexibility index (Phi) is 10.6. The number of rotatable bonds is 12. The summed E-state index contributed by atoms with van der Waals surface area (Å²) in [7, 11) is -3.37. The van der Waals surface area contributed by atoms with Crippen LogP contribution in [-0.4, -0.2) is 47.7 Å². The SMILES string of the molecule is CCOP(=O)(C=C[C@@H](CCn1ccc(NC(C)=O)nc1=O)O[C@H]1CCCCO1)OCC. The number of aromatic nitrogens is 2. The Morgan fingerprint density at radius 3 is 2.71 bits per heavy atom. The van der Waals surface area contributed by atoms with Crippen LogP contribution in [0.25, 0.3) is 0 Å². The first-order chi connectivity index (χ1) is 14.8. The molecule has 0 aliphatic carbocycles. The smallest absolute Gasteiger partial charge is 0.353 e. The summed E-state index contributed by atoms with van der Waals surface area (Å²) in [5.41, 5.74) is -0.489. The quantitative estimate of drug-likeness (QED) is 0.475. The van der Waals surface area contributed by atoms with E-state index in [2.05, 4.69) is 10.3 Å². The van der Waals surface area contributed by atoms with Gasteiger partial charge in [-0.2, -0.15) is 4.98 Å². The maximum Gasteiger partial charge on any atom is 0.353 e. The van der Waals surface area contributed by atoms with Crippen molar-refractivity contribution >= 4 is 19.3 Å². The highest BCUT2D eigenvalue weighted by atomic mass is 31.2. The second-order valence-electron chi connectivity index (χ2n) is 6.95. The number of nitrogens with one attached hydrogen (secondary N) is 1. The first-order valence-electron chi connectivity index (χ1n) is 10.6. The summed E-state index contributed by atoms with van der Waals surface area (Å²) in [6.07, 6.45) is 5.55. The number of ether oxygens (including phenoxy) is 2. The molecule has 10 nitrogen and oxygen atoms in total. The summed E-state index contributed by atoms with van der Waals surface area (Å²) in [5, 5.41) is 2.48. The third-order valence-corrected chi connectivity index (χ3v) is 6.17. The van der Waals surface area contributed by atoms with Crippen molar-refractivity contribution in [3.8, 4) is 0 Å². The number of hydrogen-bond acceptors (Lipinski definition) is 8. The maximum atomic E-state index is 12.7. The van der Waals surface area contributed by atoms with Crippen molar-refractivity contribution in [3.63, 3.8) is 0 Å². The molecule has 1 fully saturated rings. The van der Waals surface area contributed by atoms with Crippen LogP contribution in [0, 0.1) is 0 Å². The first-order valence-corrected chi connectivity index (χ1v) is 12.2. The molecule has 2 heterocycles. The second kappa shape index (κ2) is 12.9. The molecule has 1 aromatic rings. The summed E-state index contributed by atoms with van der Waals surface area (Å²) in [6.45, 7) is 6.27. The Balaban J connectivity index is 2.10. The van der Waals surface area contributed by atoms with Crippen molar-refractivity contribution in [2.24, 2.45) is 0 Å². The summed E-state index contributed by atoms with van der Waals surface area (Å²) in [6, 6.07) is 1.55. The lowest BCUT2D eigenvalue weighted by atomic mass is 10.2. The van der Waals surface area contributed by atoms with Crippen LogP contribution in [-0.2, 0) is 34.4 Å². The van der Waals surface area contributed by atoms with E-state index in [1.54, 1.807) is 32.2 Å². The predicted octanol–water partition coefficient (Wildman–Crippen LogP) is 3.28. The minimum Gasteiger partial charge on any atom is -0.353 e. The normalized spacial score (nSPS) is 18.2. The summed E-state index contributed by atoms with van der Waals surface area (Å²) < 4.78 is 36.5. The highest BCUT2D eigenvalue weighted by Gasteiger charge is 2.23. The van der Waals surface area contributed by atoms with E-state index in [-0.39, 0.29) is 31.2 Å². The number of aryl methyl sites for hydroxylation is 1. The second-order valence-corrected chi connectivity index (χ2v) is 8.84. The monoisotopic (exact) mass is 457 g/mol. The molecule has 1 aliphatic heterocycles. The van der Waals surface area contributed by atoms with Crippen LogP contribution >= 0.6 is 7.60 Å². The van der Waals surface area contributed by atoms with E-state index in [0.717, 1.165) is 19.3 Å². The van der Waals surface area contributed by atoms with Gasteiger partial charge in [-0.15, -0.1) is 0 Å². The molecule has 11 heteroatoms. The van der Waals surface area contributed by atoms with Crippen molar-refractivity contribution in [1.82, 2.24) is 9.55 Å². The van der Waals surface area contributed by atoms with Crippen molar-refractivity contribution in [3.05, 3.63) is 34.6 Å². The van der Waals surface area contributed by atoms with E-state index in [1.165, 1.54) is 17.3 Å². The third-order valence-electron chi connectivity index (χ3n) is 4.40. The fraction of sp³-hybridized carbons (Fsp3) is 0.650. The van der Waals surface area contributed by atoms with Gasteiger partial charge in [0.1, 0.15) is 5.82 Å². The number of carbonyl (C=O) groups is 1. The molecule has 0 bridgehead atoms. The molecule has 0 saturated carbocycles. The number of hydrogen-bond donors (Lipinski definition) is 1. The first kappa shape index (κ1) is 25.4. The largest absolute Gasteiger partial charge is 0.353 e. The lowest BCUT2D eigenvalue weighted by Gasteiger charge is -2.27. The fourth-order valence-corrected chi connectivity index (χ4v) is 4.39. The Hall–Kier alpha value is -1.84. The molecule has 1 N–H and O–H groups in total. The van der Waals surface area contributed by atoms with Crippen LogP contribution in [0.3, 0.4) is 0 Å². The van der Waals surface area contributed by atoms with Crippen LogP contribution in [0.2, 0.25) is 0 Å². The minimum absolute atomic E-state index is 0.200. The average Bonchev–Trinajstić information content (AvgIpc) is 2.72. The van der Waals surface area contributed by atoms with Gasteiger partial charge in [0, 0.05) is 32.1 Å². The van der Waals surface area contributed by atoms with Gasteiger partial charge < -0.3 is 23.8 Å². The van der Waals surface area contributed by atoms with Gasteiger partial charge >= 0.3 is 13.3 Å². The lowest BCUT2D eigenvalue weighted by Crippen LogP contribution is -2.29. The van der Waals surface area contributed by atoms with Gasteiger partial charge in [-0.1, -0.05) is 0 Å².